The van der Waals surface area contributed by atoms with E-state index in [-0.39, 0.29) is 6.10 Å². The van der Waals surface area contributed by atoms with Gasteiger partial charge in [0.05, 0.1) is 16.5 Å². The molecule has 0 aliphatic carbocycles. The van der Waals surface area contributed by atoms with Crippen molar-refractivity contribution in [2.75, 3.05) is 32.8 Å². The number of aliphatic hydroxyl groups excluding tert-OH is 1. The first-order valence-electron chi connectivity index (χ1n) is 9.93. The lowest BCUT2D eigenvalue weighted by atomic mass is 10.1. The molecule has 1 amide bonds. The second-order valence-corrected chi connectivity index (χ2v) is 8.01. The van der Waals surface area contributed by atoms with Crippen LogP contribution in [0.2, 0.25) is 0 Å². The number of amides is 1. The van der Waals surface area contributed by atoms with Crippen molar-refractivity contribution in [1.82, 2.24) is 15.6 Å². The highest BCUT2D eigenvalue weighted by atomic mass is 32.1. The number of hydrogen-bond donors (Lipinski definition) is 4. The van der Waals surface area contributed by atoms with Crippen molar-refractivity contribution >= 4 is 17.4 Å². The SMILES string of the molecule is Cc1ccc(-c2cncs2)cc1.O=C(O)NCCC1CCOC1.OC1CCNC1. The molecule has 2 fully saturated rings. The summed E-state index contributed by atoms with van der Waals surface area (Å²) in [6.45, 7) is 6.04. The van der Waals surface area contributed by atoms with E-state index in [4.69, 9.17) is 14.9 Å². The van der Waals surface area contributed by atoms with Crippen LogP contribution in [-0.2, 0) is 4.74 Å². The fourth-order valence-electron chi connectivity index (χ4n) is 2.91. The minimum atomic E-state index is -0.941. The molecule has 4 rings (SSSR count). The number of β-amino-alcohol motifs (C(OH)–C–C–N with tert-alkyl or cyclic N) is 1. The third kappa shape index (κ3) is 9.85. The van der Waals surface area contributed by atoms with E-state index < -0.39 is 6.09 Å². The zero-order valence-corrected chi connectivity index (χ0v) is 17.7. The Kier molecular flexibility index (Phi) is 10.6. The van der Waals surface area contributed by atoms with Crippen LogP contribution in [0.25, 0.3) is 10.4 Å². The van der Waals surface area contributed by atoms with Crippen LogP contribution in [0.5, 0.6) is 0 Å². The van der Waals surface area contributed by atoms with E-state index in [0.717, 1.165) is 45.6 Å². The quantitative estimate of drug-likeness (QED) is 0.605. The van der Waals surface area contributed by atoms with Crippen molar-refractivity contribution in [3.63, 3.8) is 0 Å². The number of carbonyl (C=O) groups is 1. The van der Waals surface area contributed by atoms with Crippen molar-refractivity contribution in [3.8, 4) is 10.4 Å². The Morgan fingerprint density at radius 2 is 2.14 bits per heavy atom. The number of ether oxygens (including phenoxy) is 1. The van der Waals surface area contributed by atoms with Crippen molar-refractivity contribution in [2.45, 2.75) is 32.3 Å². The molecule has 1 aromatic heterocycles. The highest BCUT2D eigenvalue weighted by Gasteiger charge is 2.14. The van der Waals surface area contributed by atoms with Crippen LogP contribution in [0, 0.1) is 12.8 Å². The maximum atomic E-state index is 10.0. The van der Waals surface area contributed by atoms with Gasteiger partial charge in [0.2, 0.25) is 0 Å². The van der Waals surface area contributed by atoms with Crippen molar-refractivity contribution < 1.29 is 19.7 Å². The predicted molar refractivity (Wildman–Crippen MR) is 115 cm³/mol. The number of thiazole rings is 1. The average Bonchev–Trinajstić information content (AvgIpc) is 3.47. The van der Waals surface area contributed by atoms with E-state index in [1.165, 1.54) is 16.0 Å². The summed E-state index contributed by atoms with van der Waals surface area (Å²) >= 11 is 1.67. The number of benzene rings is 1. The standard InChI is InChI=1S/C10H9NS.C7H13NO3.C4H9NO/c1-8-2-4-9(5-3-8)10-6-11-7-12-10;9-7(10)8-3-1-6-2-4-11-5-6;6-4-1-2-5-3-4/h2-7H,1H3;6,8H,1-5H2,(H,9,10);4-6H,1-3H2. The predicted octanol–water partition coefficient (Wildman–Crippen LogP) is 3.14. The van der Waals surface area contributed by atoms with Gasteiger partial charge in [-0.25, -0.2) is 4.79 Å². The Balaban J connectivity index is 0.000000164. The first-order valence-corrected chi connectivity index (χ1v) is 10.8. The van der Waals surface area contributed by atoms with Gasteiger partial charge in [0.25, 0.3) is 0 Å². The molecule has 8 heteroatoms. The lowest BCUT2D eigenvalue weighted by Crippen LogP contribution is -2.23. The molecule has 0 spiro atoms. The van der Waals surface area contributed by atoms with Gasteiger partial charge in [-0.05, 0) is 44.2 Å². The molecule has 7 nitrogen and oxygen atoms in total. The Morgan fingerprint density at radius 3 is 2.62 bits per heavy atom. The summed E-state index contributed by atoms with van der Waals surface area (Å²) in [4.78, 5) is 15.3. The lowest BCUT2D eigenvalue weighted by Gasteiger charge is -2.05. The van der Waals surface area contributed by atoms with E-state index in [2.05, 4.69) is 46.8 Å². The number of hydrogen-bond acceptors (Lipinski definition) is 6. The number of aliphatic hydroxyl groups is 1. The first-order chi connectivity index (χ1) is 14.0. The van der Waals surface area contributed by atoms with Crippen LogP contribution >= 0.6 is 11.3 Å². The molecular weight excluding hydrogens is 390 g/mol. The zero-order chi connectivity index (χ0) is 20.9. The maximum absolute atomic E-state index is 10.0. The van der Waals surface area contributed by atoms with Gasteiger partial charge < -0.3 is 25.6 Å². The maximum Gasteiger partial charge on any atom is 0.404 e. The summed E-state index contributed by atoms with van der Waals surface area (Å²) in [7, 11) is 0. The molecule has 160 valence electrons. The third-order valence-electron chi connectivity index (χ3n) is 4.66. The second kappa shape index (κ2) is 13.3. The Bertz CT molecular complexity index is 682. The molecule has 2 aliphatic rings. The molecular formula is C21H31N3O4S. The van der Waals surface area contributed by atoms with Crippen molar-refractivity contribution in [1.29, 1.82) is 0 Å². The molecule has 2 unspecified atom stereocenters. The van der Waals surface area contributed by atoms with Gasteiger partial charge in [0.15, 0.2) is 0 Å². The highest BCUT2D eigenvalue weighted by Crippen LogP contribution is 2.22. The van der Waals surface area contributed by atoms with Crippen LogP contribution < -0.4 is 10.6 Å². The fourth-order valence-corrected chi connectivity index (χ4v) is 3.54. The smallest absolute Gasteiger partial charge is 0.404 e. The fraction of sp³-hybridized carbons (Fsp3) is 0.524. The molecule has 0 saturated carbocycles. The highest BCUT2D eigenvalue weighted by molar-refractivity contribution is 7.13. The first kappa shape index (κ1) is 23.3. The lowest BCUT2D eigenvalue weighted by molar-refractivity contribution is 0.181. The van der Waals surface area contributed by atoms with E-state index >= 15 is 0 Å². The monoisotopic (exact) mass is 421 g/mol. The number of rotatable bonds is 4. The normalized spacial score (nSPS) is 20.2. The number of carboxylic acid groups (broad SMARTS) is 1. The van der Waals surface area contributed by atoms with Crippen molar-refractivity contribution in [2.24, 2.45) is 5.92 Å². The van der Waals surface area contributed by atoms with Gasteiger partial charge in [0, 0.05) is 32.5 Å². The van der Waals surface area contributed by atoms with Gasteiger partial charge in [0.1, 0.15) is 0 Å². The summed E-state index contributed by atoms with van der Waals surface area (Å²) in [5.41, 5.74) is 4.40. The van der Waals surface area contributed by atoms with Gasteiger partial charge in [-0.3, -0.25) is 4.98 Å². The Morgan fingerprint density at radius 1 is 1.34 bits per heavy atom. The molecule has 0 radical (unpaired) electrons. The van der Waals surface area contributed by atoms with E-state index in [1.807, 2.05) is 11.7 Å². The van der Waals surface area contributed by atoms with E-state index in [1.54, 1.807) is 11.3 Å². The molecule has 2 aromatic rings. The molecule has 1 aromatic carbocycles. The van der Waals surface area contributed by atoms with Crippen molar-refractivity contribution in [3.05, 3.63) is 41.5 Å². The van der Waals surface area contributed by atoms with Gasteiger partial charge >= 0.3 is 6.09 Å². The molecule has 2 atom stereocenters. The topological polar surface area (TPSA) is 104 Å². The summed E-state index contributed by atoms with van der Waals surface area (Å²) < 4.78 is 5.14. The number of aromatic nitrogens is 1. The van der Waals surface area contributed by atoms with E-state index in [0.29, 0.717) is 12.5 Å². The molecule has 0 bridgehead atoms. The van der Waals surface area contributed by atoms with Crippen LogP contribution in [0.3, 0.4) is 0 Å². The summed E-state index contributed by atoms with van der Waals surface area (Å²) in [5.74, 6) is 0.557. The summed E-state index contributed by atoms with van der Waals surface area (Å²) in [6, 6.07) is 8.50. The minimum Gasteiger partial charge on any atom is -0.465 e. The van der Waals surface area contributed by atoms with Gasteiger partial charge in [-0.1, -0.05) is 29.8 Å². The van der Waals surface area contributed by atoms with Gasteiger partial charge in [-0.2, -0.15) is 0 Å². The number of nitrogens with one attached hydrogen (secondary N) is 2. The molecule has 2 aliphatic heterocycles. The average molecular weight is 422 g/mol. The van der Waals surface area contributed by atoms with Crippen LogP contribution in [0.4, 0.5) is 4.79 Å². The molecule has 2 saturated heterocycles. The summed E-state index contributed by atoms with van der Waals surface area (Å²) in [5, 5.41) is 22.3. The molecule has 4 N–H and O–H groups in total. The Hall–Kier alpha value is -2.00. The Labute approximate surface area is 176 Å². The van der Waals surface area contributed by atoms with Gasteiger partial charge in [-0.15, -0.1) is 11.3 Å². The van der Waals surface area contributed by atoms with Crippen LogP contribution in [0.15, 0.2) is 36.0 Å². The molecule has 29 heavy (non-hydrogen) atoms. The third-order valence-corrected chi connectivity index (χ3v) is 5.48. The minimum absolute atomic E-state index is 0.0648. The molecule has 3 heterocycles. The van der Waals surface area contributed by atoms with Crippen LogP contribution in [-0.4, -0.2) is 60.2 Å². The zero-order valence-electron chi connectivity index (χ0n) is 16.8. The second-order valence-electron chi connectivity index (χ2n) is 7.13. The number of nitrogens with zero attached hydrogens (tertiary/aromatic N) is 1. The summed E-state index contributed by atoms with van der Waals surface area (Å²) in [6.07, 6.45) is 3.79. The largest absolute Gasteiger partial charge is 0.465 e. The van der Waals surface area contributed by atoms with Crippen LogP contribution in [0.1, 0.15) is 24.8 Å². The number of aryl methyl sites for hydroxylation is 1. The van der Waals surface area contributed by atoms with E-state index in [9.17, 15) is 4.79 Å².